The first-order valence-corrected chi connectivity index (χ1v) is 9.23. The standard InChI is InChI=1S/C16H23NO3S/c1-13(2)10-16(18)17(11-14-6-4-3-5-7-14)15-8-9-21(19,20)12-15/h3-7,13,15H,8-12H2,1-2H3/t15-/m0/s1. The molecule has 1 aliphatic rings. The Kier molecular flexibility index (Phi) is 5.04. The second kappa shape index (κ2) is 6.60. The van der Waals surface area contributed by atoms with Gasteiger partial charge in [0.2, 0.25) is 5.91 Å². The molecule has 1 amide bonds. The van der Waals surface area contributed by atoms with Gasteiger partial charge in [-0.15, -0.1) is 0 Å². The molecular formula is C16H23NO3S. The first-order chi connectivity index (χ1) is 9.87. The molecule has 4 nitrogen and oxygen atoms in total. The third-order valence-corrected chi connectivity index (χ3v) is 5.50. The molecule has 1 aliphatic heterocycles. The van der Waals surface area contributed by atoms with Gasteiger partial charge in [-0.3, -0.25) is 4.79 Å². The monoisotopic (exact) mass is 309 g/mol. The van der Waals surface area contributed by atoms with Gasteiger partial charge >= 0.3 is 0 Å². The summed E-state index contributed by atoms with van der Waals surface area (Å²) in [7, 11) is -2.99. The molecule has 116 valence electrons. The summed E-state index contributed by atoms with van der Waals surface area (Å²) in [6.07, 6.45) is 1.02. The first-order valence-electron chi connectivity index (χ1n) is 7.41. The number of hydrogen-bond donors (Lipinski definition) is 0. The molecule has 0 bridgehead atoms. The summed E-state index contributed by atoms with van der Waals surface area (Å²) in [5.41, 5.74) is 1.04. The lowest BCUT2D eigenvalue weighted by Gasteiger charge is -2.29. The van der Waals surface area contributed by atoms with E-state index in [9.17, 15) is 13.2 Å². The summed E-state index contributed by atoms with van der Waals surface area (Å²) >= 11 is 0. The Morgan fingerprint density at radius 3 is 2.48 bits per heavy atom. The highest BCUT2D eigenvalue weighted by atomic mass is 32.2. The molecule has 1 aromatic rings. The van der Waals surface area contributed by atoms with Crippen molar-refractivity contribution in [3.63, 3.8) is 0 Å². The van der Waals surface area contributed by atoms with Crippen molar-refractivity contribution in [2.45, 2.75) is 39.3 Å². The number of benzene rings is 1. The molecule has 0 aliphatic carbocycles. The van der Waals surface area contributed by atoms with Gasteiger partial charge in [0.25, 0.3) is 0 Å². The molecule has 5 heteroatoms. The average Bonchev–Trinajstić information content (AvgIpc) is 2.76. The van der Waals surface area contributed by atoms with Gasteiger partial charge in [-0.2, -0.15) is 0 Å². The molecule has 1 saturated heterocycles. The number of rotatable bonds is 5. The zero-order valence-corrected chi connectivity index (χ0v) is 13.5. The Balaban J connectivity index is 2.16. The van der Waals surface area contributed by atoms with Crippen molar-refractivity contribution >= 4 is 15.7 Å². The van der Waals surface area contributed by atoms with Gasteiger partial charge in [-0.05, 0) is 17.9 Å². The van der Waals surface area contributed by atoms with Gasteiger partial charge in [-0.25, -0.2) is 8.42 Å². The van der Waals surface area contributed by atoms with E-state index in [-0.39, 0.29) is 29.4 Å². The van der Waals surface area contributed by atoms with E-state index in [0.29, 0.717) is 19.4 Å². The van der Waals surface area contributed by atoms with Crippen LogP contribution in [0.25, 0.3) is 0 Å². The van der Waals surface area contributed by atoms with Crippen molar-refractivity contribution in [3.05, 3.63) is 35.9 Å². The number of carbonyl (C=O) groups is 1. The minimum atomic E-state index is -2.99. The predicted octanol–water partition coefficient (Wildman–Crippen LogP) is 2.25. The number of sulfone groups is 1. The maximum Gasteiger partial charge on any atom is 0.223 e. The van der Waals surface area contributed by atoms with Crippen LogP contribution in [0.15, 0.2) is 30.3 Å². The Hall–Kier alpha value is -1.36. The summed E-state index contributed by atoms with van der Waals surface area (Å²) < 4.78 is 23.4. The third-order valence-electron chi connectivity index (χ3n) is 3.75. The van der Waals surface area contributed by atoms with Crippen LogP contribution in [0.1, 0.15) is 32.3 Å². The van der Waals surface area contributed by atoms with E-state index in [0.717, 1.165) is 5.56 Å². The van der Waals surface area contributed by atoms with Crippen LogP contribution in [0, 0.1) is 5.92 Å². The van der Waals surface area contributed by atoms with E-state index in [1.54, 1.807) is 4.90 Å². The molecule has 2 rings (SSSR count). The van der Waals surface area contributed by atoms with E-state index < -0.39 is 9.84 Å². The third kappa shape index (κ3) is 4.56. The smallest absolute Gasteiger partial charge is 0.223 e. The fraction of sp³-hybridized carbons (Fsp3) is 0.562. The van der Waals surface area contributed by atoms with Crippen LogP contribution < -0.4 is 0 Å². The van der Waals surface area contributed by atoms with Crippen LogP contribution in [0.5, 0.6) is 0 Å². The minimum absolute atomic E-state index is 0.0518. The summed E-state index contributed by atoms with van der Waals surface area (Å²) in [4.78, 5) is 14.3. The minimum Gasteiger partial charge on any atom is -0.334 e. The number of carbonyl (C=O) groups excluding carboxylic acids is 1. The zero-order valence-electron chi connectivity index (χ0n) is 12.7. The fourth-order valence-corrected chi connectivity index (χ4v) is 4.42. The van der Waals surface area contributed by atoms with Gasteiger partial charge < -0.3 is 4.90 Å². The summed E-state index contributed by atoms with van der Waals surface area (Å²) in [5.74, 6) is 0.617. The summed E-state index contributed by atoms with van der Waals surface area (Å²) in [6.45, 7) is 4.50. The van der Waals surface area contributed by atoms with Gasteiger partial charge in [0.05, 0.1) is 11.5 Å². The van der Waals surface area contributed by atoms with Gasteiger partial charge in [-0.1, -0.05) is 44.2 Å². The molecule has 0 aromatic heterocycles. The lowest BCUT2D eigenvalue weighted by atomic mass is 10.1. The molecule has 0 radical (unpaired) electrons. The average molecular weight is 309 g/mol. The molecule has 0 saturated carbocycles. The molecule has 1 atom stereocenters. The number of amides is 1. The Bertz CT molecular complexity index is 581. The van der Waals surface area contributed by atoms with Gasteiger partial charge in [0.1, 0.15) is 0 Å². The molecule has 21 heavy (non-hydrogen) atoms. The molecular weight excluding hydrogens is 286 g/mol. The van der Waals surface area contributed by atoms with Crippen LogP contribution in [0.2, 0.25) is 0 Å². The second-order valence-electron chi connectivity index (χ2n) is 6.16. The van der Waals surface area contributed by atoms with Crippen molar-refractivity contribution in [2.75, 3.05) is 11.5 Å². The number of hydrogen-bond acceptors (Lipinski definition) is 3. The van der Waals surface area contributed by atoms with E-state index in [2.05, 4.69) is 0 Å². The van der Waals surface area contributed by atoms with Crippen LogP contribution >= 0.6 is 0 Å². The molecule has 0 unspecified atom stereocenters. The lowest BCUT2D eigenvalue weighted by molar-refractivity contribution is -0.134. The highest BCUT2D eigenvalue weighted by Crippen LogP contribution is 2.22. The maximum atomic E-state index is 12.5. The van der Waals surface area contributed by atoms with Crippen LogP contribution in [-0.2, 0) is 21.2 Å². The van der Waals surface area contributed by atoms with Gasteiger partial charge in [0.15, 0.2) is 9.84 Å². The lowest BCUT2D eigenvalue weighted by Crippen LogP contribution is -2.41. The molecule has 1 aromatic carbocycles. The quantitative estimate of drug-likeness (QED) is 0.838. The van der Waals surface area contributed by atoms with Crippen molar-refractivity contribution in [1.82, 2.24) is 4.90 Å². The van der Waals surface area contributed by atoms with E-state index >= 15 is 0 Å². The van der Waals surface area contributed by atoms with E-state index in [1.165, 1.54) is 0 Å². The Labute approximate surface area is 127 Å². The first kappa shape index (κ1) is 16.0. The highest BCUT2D eigenvalue weighted by Gasteiger charge is 2.34. The molecule has 0 spiro atoms. The maximum absolute atomic E-state index is 12.5. The Morgan fingerprint density at radius 1 is 1.29 bits per heavy atom. The topological polar surface area (TPSA) is 54.5 Å². The molecule has 0 N–H and O–H groups in total. The van der Waals surface area contributed by atoms with Gasteiger partial charge in [0, 0.05) is 19.0 Å². The molecule has 1 heterocycles. The SMILES string of the molecule is CC(C)CC(=O)N(Cc1ccccc1)[C@H]1CCS(=O)(=O)C1. The predicted molar refractivity (Wildman–Crippen MR) is 83.5 cm³/mol. The van der Waals surface area contributed by atoms with Crippen LogP contribution in [0.4, 0.5) is 0 Å². The highest BCUT2D eigenvalue weighted by molar-refractivity contribution is 7.91. The summed E-state index contributed by atoms with van der Waals surface area (Å²) in [5, 5.41) is 0. The Morgan fingerprint density at radius 2 is 1.95 bits per heavy atom. The van der Waals surface area contributed by atoms with Crippen LogP contribution in [-0.4, -0.2) is 36.8 Å². The van der Waals surface area contributed by atoms with E-state index in [4.69, 9.17) is 0 Å². The largest absolute Gasteiger partial charge is 0.334 e. The van der Waals surface area contributed by atoms with Crippen molar-refractivity contribution < 1.29 is 13.2 Å². The van der Waals surface area contributed by atoms with Crippen molar-refractivity contribution in [3.8, 4) is 0 Å². The fourth-order valence-electron chi connectivity index (χ4n) is 2.69. The van der Waals surface area contributed by atoms with Crippen LogP contribution in [0.3, 0.4) is 0 Å². The van der Waals surface area contributed by atoms with Crippen molar-refractivity contribution in [2.24, 2.45) is 5.92 Å². The second-order valence-corrected chi connectivity index (χ2v) is 8.39. The zero-order chi connectivity index (χ0) is 15.5. The number of nitrogens with zero attached hydrogens (tertiary/aromatic N) is 1. The molecule has 1 fully saturated rings. The normalized spacial score (nSPS) is 20.6. The van der Waals surface area contributed by atoms with E-state index in [1.807, 2.05) is 44.2 Å². The van der Waals surface area contributed by atoms with Crippen molar-refractivity contribution in [1.29, 1.82) is 0 Å². The summed E-state index contributed by atoms with van der Waals surface area (Å²) in [6, 6.07) is 9.57.